The first-order valence-electron chi connectivity index (χ1n) is 8.60. The van der Waals surface area contributed by atoms with Crippen LogP contribution in [-0.2, 0) is 16.4 Å². The van der Waals surface area contributed by atoms with Crippen LogP contribution in [-0.4, -0.2) is 51.0 Å². The number of hydrogen-bond acceptors (Lipinski definition) is 4. The van der Waals surface area contributed by atoms with Crippen LogP contribution in [0.1, 0.15) is 28.9 Å². The summed E-state index contributed by atoms with van der Waals surface area (Å²) in [7, 11) is -2.06. The lowest BCUT2D eigenvalue weighted by Gasteiger charge is -2.13. The van der Waals surface area contributed by atoms with E-state index in [-0.39, 0.29) is 17.3 Å². The first-order chi connectivity index (χ1) is 12.5. The van der Waals surface area contributed by atoms with Gasteiger partial charge in [0, 0.05) is 25.8 Å². The lowest BCUT2D eigenvalue weighted by molar-refractivity contribution is 0.0787. The average Bonchev–Trinajstić information content (AvgIpc) is 3.34. The van der Waals surface area contributed by atoms with Crippen LogP contribution in [0, 0.1) is 0 Å². The van der Waals surface area contributed by atoms with E-state index in [2.05, 4.69) is 9.71 Å². The van der Waals surface area contributed by atoms with Gasteiger partial charge in [0.25, 0.3) is 5.91 Å². The molecule has 0 atom stereocenters. The number of sulfonamides is 1. The van der Waals surface area contributed by atoms with Crippen molar-refractivity contribution in [2.75, 3.05) is 26.7 Å². The Morgan fingerprint density at radius 1 is 1.23 bits per heavy atom. The van der Waals surface area contributed by atoms with Gasteiger partial charge in [0.05, 0.1) is 7.11 Å². The molecule has 140 valence electrons. The number of nitrogens with one attached hydrogen (secondary N) is 2. The molecule has 3 rings (SSSR count). The third kappa shape index (κ3) is 4.25. The Kier molecular flexibility index (Phi) is 5.63. The molecule has 1 amide bonds. The van der Waals surface area contributed by atoms with Gasteiger partial charge in [-0.05, 0) is 43.0 Å². The van der Waals surface area contributed by atoms with Gasteiger partial charge in [0.15, 0.2) is 0 Å². The lowest BCUT2D eigenvalue weighted by Crippen LogP contribution is -2.28. The molecule has 0 saturated carbocycles. The van der Waals surface area contributed by atoms with E-state index in [1.165, 1.54) is 12.3 Å². The molecule has 1 fully saturated rings. The SMILES string of the molecule is COc1ccc(CCNS(=O)(=O)c2c[nH]c(C(=O)N3CCCC3)c2)cc1. The van der Waals surface area contributed by atoms with Crippen molar-refractivity contribution in [2.24, 2.45) is 0 Å². The Bertz CT molecular complexity index is 853. The number of hydrogen-bond donors (Lipinski definition) is 2. The number of ether oxygens (including phenoxy) is 1. The molecule has 2 aromatic rings. The predicted octanol–water partition coefficient (Wildman–Crippen LogP) is 1.78. The number of carbonyl (C=O) groups excluding carboxylic acids is 1. The first-order valence-corrected chi connectivity index (χ1v) is 10.1. The van der Waals surface area contributed by atoms with Gasteiger partial charge in [-0.25, -0.2) is 13.1 Å². The maximum absolute atomic E-state index is 12.4. The fourth-order valence-electron chi connectivity index (χ4n) is 2.95. The van der Waals surface area contributed by atoms with Crippen molar-refractivity contribution in [3.05, 3.63) is 47.8 Å². The van der Waals surface area contributed by atoms with Crippen LogP contribution in [0.25, 0.3) is 0 Å². The summed E-state index contributed by atoms with van der Waals surface area (Å²) in [5.41, 5.74) is 1.31. The highest BCUT2D eigenvalue weighted by molar-refractivity contribution is 7.89. The molecule has 2 heterocycles. The number of benzene rings is 1. The van der Waals surface area contributed by atoms with E-state index in [1.54, 1.807) is 12.0 Å². The van der Waals surface area contributed by atoms with Gasteiger partial charge in [0.1, 0.15) is 16.3 Å². The van der Waals surface area contributed by atoms with Crippen LogP contribution >= 0.6 is 0 Å². The van der Waals surface area contributed by atoms with Gasteiger partial charge < -0.3 is 14.6 Å². The van der Waals surface area contributed by atoms with E-state index in [9.17, 15) is 13.2 Å². The molecule has 0 spiro atoms. The zero-order chi connectivity index (χ0) is 18.6. The monoisotopic (exact) mass is 377 g/mol. The molecular weight excluding hydrogens is 354 g/mol. The highest BCUT2D eigenvalue weighted by Gasteiger charge is 2.23. The Hall–Kier alpha value is -2.32. The molecule has 26 heavy (non-hydrogen) atoms. The quantitative estimate of drug-likeness (QED) is 0.769. The van der Waals surface area contributed by atoms with Crippen molar-refractivity contribution in [1.82, 2.24) is 14.6 Å². The molecule has 1 saturated heterocycles. The second-order valence-corrected chi connectivity index (χ2v) is 8.01. The number of aromatic amines is 1. The van der Waals surface area contributed by atoms with Crippen molar-refractivity contribution in [1.29, 1.82) is 0 Å². The minimum atomic E-state index is -3.66. The summed E-state index contributed by atoms with van der Waals surface area (Å²) in [5, 5.41) is 0. The largest absolute Gasteiger partial charge is 0.497 e. The molecule has 1 aromatic heterocycles. The molecule has 1 aliphatic heterocycles. The zero-order valence-corrected chi connectivity index (χ0v) is 15.5. The standard InChI is InChI=1S/C18H23N3O4S/c1-25-15-6-4-14(5-7-15)8-9-20-26(23,24)16-12-17(19-13-16)18(22)21-10-2-3-11-21/h4-7,12-13,19-20H,2-3,8-11H2,1H3. The summed E-state index contributed by atoms with van der Waals surface area (Å²) >= 11 is 0. The van der Waals surface area contributed by atoms with Crippen molar-refractivity contribution in [3.63, 3.8) is 0 Å². The smallest absolute Gasteiger partial charge is 0.270 e. The Balaban J connectivity index is 1.58. The number of likely N-dealkylation sites (tertiary alicyclic amines) is 1. The molecule has 0 aliphatic carbocycles. The van der Waals surface area contributed by atoms with Crippen molar-refractivity contribution >= 4 is 15.9 Å². The number of H-pyrrole nitrogens is 1. The van der Waals surface area contributed by atoms with Crippen LogP contribution in [0.2, 0.25) is 0 Å². The maximum atomic E-state index is 12.4. The number of aromatic nitrogens is 1. The summed E-state index contributed by atoms with van der Waals surface area (Å²) in [6, 6.07) is 8.88. The molecule has 1 aromatic carbocycles. The van der Waals surface area contributed by atoms with Crippen LogP contribution in [0.4, 0.5) is 0 Å². The second kappa shape index (κ2) is 7.92. The number of amides is 1. The summed E-state index contributed by atoms with van der Waals surface area (Å²) in [6.07, 6.45) is 3.90. The Morgan fingerprint density at radius 2 is 1.92 bits per heavy atom. The van der Waals surface area contributed by atoms with E-state index in [0.29, 0.717) is 12.1 Å². The lowest BCUT2D eigenvalue weighted by atomic mass is 10.1. The highest BCUT2D eigenvalue weighted by atomic mass is 32.2. The number of rotatable bonds is 7. The third-order valence-corrected chi connectivity index (χ3v) is 5.90. The molecule has 7 nitrogen and oxygen atoms in total. The normalized spacial score (nSPS) is 14.6. The average molecular weight is 377 g/mol. The third-order valence-electron chi connectivity index (χ3n) is 4.46. The van der Waals surface area contributed by atoms with E-state index >= 15 is 0 Å². The van der Waals surface area contributed by atoms with Gasteiger partial charge in [-0.1, -0.05) is 12.1 Å². The minimum absolute atomic E-state index is 0.0785. The van der Waals surface area contributed by atoms with Crippen molar-refractivity contribution < 1.29 is 17.9 Å². The van der Waals surface area contributed by atoms with Crippen LogP contribution in [0.5, 0.6) is 5.75 Å². The van der Waals surface area contributed by atoms with Gasteiger partial charge >= 0.3 is 0 Å². The summed E-state index contributed by atoms with van der Waals surface area (Å²) in [6.45, 7) is 1.72. The fraction of sp³-hybridized carbons (Fsp3) is 0.389. The highest BCUT2D eigenvalue weighted by Crippen LogP contribution is 2.16. The van der Waals surface area contributed by atoms with Crippen LogP contribution in [0.15, 0.2) is 41.4 Å². The Morgan fingerprint density at radius 3 is 2.58 bits per heavy atom. The molecule has 8 heteroatoms. The summed E-state index contributed by atoms with van der Waals surface area (Å²) in [5.74, 6) is 0.610. The summed E-state index contributed by atoms with van der Waals surface area (Å²) < 4.78 is 32.5. The fourth-order valence-corrected chi connectivity index (χ4v) is 3.97. The van der Waals surface area contributed by atoms with Gasteiger partial charge in [-0.2, -0.15) is 0 Å². The zero-order valence-electron chi connectivity index (χ0n) is 14.7. The van der Waals surface area contributed by atoms with Crippen LogP contribution in [0.3, 0.4) is 0 Å². The van der Waals surface area contributed by atoms with E-state index in [4.69, 9.17) is 4.74 Å². The van der Waals surface area contributed by atoms with Gasteiger partial charge in [-0.3, -0.25) is 4.79 Å². The van der Waals surface area contributed by atoms with Gasteiger partial charge in [-0.15, -0.1) is 0 Å². The molecule has 0 bridgehead atoms. The van der Waals surface area contributed by atoms with Crippen molar-refractivity contribution in [2.45, 2.75) is 24.2 Å². The molecule has 0 unspecified atom stereocenters. The predicted molar refractivity (Wildman–Crippen MR) is 97.8 cm³/mol. The number of methoxy groups -OCH3 is 1. The van der Waals surface area contributed by atoms with Gasteiger partial charge in [0.2, 0.25) is 10.0 Å². The van der Waals surface area contributed by atoms with E-state index in [0.717, 1.165) is 37.2 Å². The molecule has 2 N–H and O–H groups in total. The van der Waals surface area contributed by atoms with Crippen LogP contribution < -0.4 is 9.46 Å². The number of carbonyl (C=O) groups is 1. The van der Waals surface area contributed by atoms with E-state index in [1.807, 2.05) is 24.3 Å². The van der Waals surface area contributed by atoms with E-state index < -0.39 is 10.0 Å². The second-order valence-electron chi connectivity index (χ2n) is 6.24. The molecule has 1 aliphatic rings. The number of nitrogens with zero attached hydrogens (tertiary/aromatic N) is 1. The first kappa shape index (κ1) is 18.5. The van der Waals surface area contributed by atoms with Crippen molar-refractivity contribution in [3.8, 4) is 5.75 Å². The minimum Gasteiger partial charge on any atom is -0.497 e. The Labute approximate surface area is 153 Å². The molecular formula is C18H23N3O4S. The summed E-state index contributed by atoms with van der Waals surface area (Å²) in [4.78, 5) is 16.9. The maximum Gasteiger partial charge on any atom is 0.270 e. The topological polar surface area (TPSA) is 91.5 Å². The molecule has 0 radical (unpaired) electrons.